The standard InChI is InChI=1S/C15H16FNS/c1-15(2,3)18-14-8-9-17-10-13(14)11-4-6-12(16)7-5-11/h4-10H,1-3H3. The van der Waals surface area contributed by atoms with Crippen molar-refractivity contribution in [3.8, 4) is 11.1 Å². The molecule has 1 nitrogen and oxygen atoms in total. The lowest BCUT2D eigenvalue weighted by molar-refractivity contribution is 0.628. The Labute approximate surface area is 111 Å². The summed E-state index contributed by atoms with van der Waals surface area (Å²) < 4.78 is 13.1. The van der Waals surface area contributed by atoms with E-state index in [4.69, 9.17) is 0 Å². The number of benzene rings is 1. The lowest BCUT2D eigenvalue weighted by Gasteiger charge is -2.19. The first kappa shape index (κ1) is 13.1. The maximum atomic E-state index is 13.0. The number of hydrogen-bond donors (Lipinski definition) is 0. The summed E-state index contributed by atoms with van der Waals surface area (Å²) in [6.45, 7) is 6.52. The minimum atomic E-state index is -0.215. The van der Waals surface area contributed by atoms with Gasteiger partial charge in [-0.1, -0.05) is 32.9 Å². The Balaban J connectivity index is 2.41. The van der Waals surface area contributed by atoms with Crippen LogP contribution in [-0.2, 0) is 0 Å². The van der Waals surface area contributed by atoms with Crippen molar-refractivity contribution in [2.75, 3.05) is 0 Å². The highest BCUT2D eigenvalue weighted by molar-refractivity contribution is 8.00. The molecule has 0 saturated heterocycles. The van der Waals surface area contributed by atoms with E-state index >= 15 is 0 Å². The van der Waals surface area contributed by atoms with Crippen LogP contribution in [0, 0.1) is 5.82 Å². The van der Waals surface area contributed by atoms with E-state index in [9.17, 15) is 4.39 Å². The summed E-state index contributed by atoms with van der Waals surface area (Å²) in [5.74, 6) is -0.215. The minimum absolute atomic E-state index is 0.135. The normalized spacial score (nSPS) is 11.6. The second-order valence-electron chi connectivity index (χ2n) is 5.09. The van der Waals surface area contributed by atoms with Gasteiger partial charge in [0.05, 0.1) is 0 Å². The molecule has 2 aromatic rings. The van der Waals surface area contributed by atoms with Gasteiger partial charge in [0.1, 0.15) is 5.82 Å². The van der Waals surface area contributed by atoms with Crippen molar-refractivity contribution in [2.24, 2.45) is 0 Å². The maximum absolute atomic E-state index is 13.0. The molecule has 0 amide bonds. The van der Waals surface area contributed by atoms with Crippen LogP contribution in [0.2, 0.25) is 0 Å². The molecule has 0 fully saturated rings. The average Bonchev–Trinajstić information content (AvgIpc) is 2.29. The molecule has 18 heavy (non-hydrogen) atoms. The van der Waals surface area contributed by atoms with Crippen molar-refractivity contribution in [3.63, 3.8) is 0 Å². The molecule has 0 N–H and O–H groups in total. The molecule has 0 bridgehead atoms. The largest absolute Gasteiger partial charge is 0.264 e. The van der Waals surface area contributed by atoms with E-state index < -0.39 is 0 Å². The molecule has 0 unspecified atom stereocenters. The maximum Gasteiger partial charge on any atom is 0.123 e. The number of thioether (sulfide) groups is 1. The van der Waals surface area contributed by atoms with Gasteiger partial charge < -0.3 is 0 Å². The first-order valence-corrected chi connectivity index (χ1v) is 6.66. The van der Waals surface area contributed by atoms with E-state index in [0.717, 1.165) is 11.1 Å². The van der Waals surface area contributed by atoms with Crippen LogP contribution in [0.1, 0.15) is 20.8 Å². The van der Waals surface area contributed by atoms with Gasteiger partial charge in [0, 0.05) is 27.6 Å². The molecular weight excluding hydrogens is 245 g/mol. The number of hydrogen-bond acceptors (Lipinski definition) is 2. The van der Waals surface area contributed by atoms with Crippen LogP contribution in [0.15, 0.2) is 47.6 Å². The van der Waals surface area contributed by atoms with Gasteiger partial charge >= 0.3 is 0 Å². The van der Waals surface area contributed by atoms with Crippen LogP contribution in [0.3, 0.4) is 0 Å². The highest BCUT2D eigenvalue weighted by Crippen LogP contribution is 2.37. The quantitative estimate of drug-likeness (QED) is 0.722. The van der Waals surface area contributed by atoms with Gasteiger partial charge in [-0.25, -0.2) is 4.39 Å². The first-order valence-electron chi connectivity index (χ1n) is 5.85. The molecule has 1 aromatic carbocycles. The van der Waals surface area contributed by atoms with Gasteiger partial charge in [0.25, 0.3) is 0 Å². The minimum Gasteiger partial charge on any atom is -0.264 e. The van der Waals surface area contributed by atoms with Gasteiger partial charge in [-0.3, -0.25) is 4.98 Å². The Morgan fingerprint density at radius 1 is 1.06 bits per heavy atom. The molecule has 2 rings (SSSR count). The third kappa shape index (κ3) is 3.33. The second-order valence-corrected chi connectivity index (χ2v) is 6.96. The predicted octanol–water partition coefficient (Wildman–Crippen LogP) is 4.78. The number of nitrogens with zero attached hydrogens (tertiary/aromatic N) is 1. The Bertz CT molecular complexity index is 529. The summed E-state index contributed by atoms with van der Waals surface area (Å²) in [6, 6.07) is 8.55. The van der Waals surface area contributed by atoms with Crippen molar-refractivity contribution in [2.45, 2.75) is 30.4 Å². The molecule has 0 saturated carbocycles. The zero-order chi connectivity index (χ0) is 13.2. The summed E-state index contributed by atoms with van der Waals surface area (Å²) in [5.41, 5.74) is 2.05. The molecule has 1 aromatic heterocycles. The zero-order valence-corrected chi connectivity index (χ0v) is 11.6. The highest BCUT2D eigenvalue weighted by Gasteiger charge is 2.15. The number of rotatable bonds is 2. The summed E-state index contributed by atoms with van der Waals surface area (Å²) in [6.07, 6.45) is 3.63. The number of pyridine rings is 1. The van der Waals surface area contributed by atoms with Crippen molar-refractivity contribution in [3.05, 3.63) is 48.5 Å². The summed E-state index contributed by atoms with van der Waals surface area (Å²) in [7, 11) is 0. The van der Waals surface area contributed by atoms with Crippen LogP contribution in [0.4, 0.5) is 4.39 Å². The summed E-state index contributed by atoms with van der Waals surface area (Å²) in [4.78, 5) is 5.34. The summed E-state index contributed by atoms with van der Waals surface area (Å²) in [5, 5.41) is 0. The van der Waals surface area contributed by atoms with E-state index in [-0.39, 0.29) is 10.6 Å². The fourth-order valence-corrected chi connectivity index (χ4v) is 2.72. The monoisotopic (exact) mass is 261 g/mol. The van der Waals surface area contributed by atoms with Crippen molar-refractivity contribution < 1.29 is 4.39 Å². The van der Waals surface area contributed by atoms with Crippen LogP contribution in [0.25, 0.3) is 11.1 Å². The molecule has 0 aliphatic carbocycles. The van der Waals surface area contributed by atoms with Crippen molar-refractivity contribution >= 4 is 11.8 Å². The van der Waals surface area contributed by atoms with Crippen LogP contribution >= 0.6 is 11.8 Å². The van der Waals surface area contributed by atoms with Crippen LogP contribution in [0.5, 0.6) is 0 Å². The molecule has 1 heterocycles. The lowest BCUT2D eigenvalue weighted by atomic mass is 10.1. The molecule has 0 aliphatic heterocycles. The fourth-order valence-electron chi connectivity index (χ4n) is 1.65. The molecule has 0 aliphatic rings. The fraction of sp³-hybridized carbons (Fsp3) is 0.267. The number of aromatic nitrogens is 1. The zero-order valence-electron chi connectivity index (χ0n) is 10.8. The predicted molar refractivity (Wildman–Crippen MR) is 75.2 cm³/mol. The van der Waals surface area contributed by atoms with Crippen LogP contribution < -0.4 is 0 Å². The lowest BCUT2D eigenvalue weighted by Crippen LogP contribution is -2.07. The second kappa shape index (κ2) is 5.11. The van der Waals surface area contributed by atoms with E-state index in [0.29, 0.717) is 0 Å². The molecule has 0 spiro atoms. The third-order valence-electron chi connectivity index (χ3n) is 2.35. The van der Waals surface area contributed by atoms with Crippen molar-refractivity contribution in [1.29, 1.82) is 0 Å². The van der Waals surface area contributed by atoms with Gasteiger partial charge in [-0.15, -0.1) is 11.8 Å². The molecule has 94 valence electrons. The van der Waals surface area contributed by atoms with Gasteiger partial charge in [0.15, 0.2) is 0 Å². The van der Waals surface area contributed by atoms with E-state index in [2.05, 4.69) is 25.8 Å². The smallest absolute Gasteiger partial charge is 0.123 e. The Morgan fingerprint density at radius 2 is 1.72 bits per heavy atom. The Kier molecular flexibility index (Phi) is 3.71. The van der Waals surface area contributed by atoms with Crippen molar-refractivity contribution in [1.82, 2.24) is 4.98 Å². The van der Waals surface area contributed by atoms with E-state index in [1.54, 1.807) is 30.1 Å². The first-order chi connectivity index (χ1) is 8.46. The molecular formula is C15H16FNS. The van der Waals surface area contributed by atoms with Gasteiger partial charge in [-0.05, 0) is 23.8 Å². The molecule has 0 atom stereocenters. The summed E-state index contributed by atoms with van der Waals surface area (Å²) >= 11 is 1.79. The molecule has 3 heteroatoms. The third-order valence-corrected chi connectivity index (χ3v) is 3.54. The average molecular weight is 261 g/mol. The van der Waals surface area contributed by atoms with Crippen LogP contribution in [-0.4, -0.2) is 9.73 Å². The van der Waals surface area contributed by atoms with E-state index in [1.165, 1.54) is 17.0 Å². The van der Waals surface area contributed by atoms with Gasteiger partial charge in [0.2, 0.25) is 0 Å². The number of halogens is 1. The SMILES string of the molecule is CC(C)(C)Sc1ccncc1-c1ccc(F)cc1. The Hall–Kier alpha value is -1.35. The topological polar surface area (TPSA) is 12.9 Å². The molecule has 0 radical (unpaired) electrons. The Morgan fingerprint density at radius 3 is 2.33 bits per heavy atom. The van der Waals surface area contributed by atoms with Gasteiger partial charge in [-0.2, -0.15) is 0 Å². The highest BCUT2D eigenvalue weighted by atomic mass is 32.2. The van der Waals surface area contributed by atoms with E-state index in [1.807, 2.05) is 12.3 Å².